The van der Waals surface area contributed by atoms with E-state index in [2.05, 4.69) is 27.1 Å². The number of imidazole rings is 1. The lowest BCUT2D eigenvalue weighted by Gasteiger charge is -2.35. The van der Waals surface area contributed by atoms with E-state index in [9.17, 15) is 14.4 Å². The van der Waals surface area contributed by atoms with Crippen LogP contribution in [0.1, 0.15) is 39.9 Å². The van der Waals surface area contributed by atoms with Gasteiger partial charge in [-0.2, -0.15) is 0 Å². The molecule has 5 rings (SSSR count). The molecule has 2 fully saturated rings. The van der Waals surface area contributed by atoms with Crippen molar-refractivity contribution >= 4 is 53.3 Å². The monoisotopic (exact) mass is 771 g/mol. The SMILES string of the molecule is COC=O.COCCN=C/C(=C(/C)N)c1ccc(-c2cnc(C(=O)Nc3ccc(C(=O)N4CCN(C(=O)C5CC[NH+](C)C5)CC4)c(Cl)c3)n2C)c(F)c1F. The number of benzene rings is 2. The summed E-state index contributed by atoms with van der Waals surface area (Å²) in [6.45, 7) is 6.19. The third kappa shape index (κ3) is 9.86. The van der Waals surface area contributed by atoms with E-state index in [0.29, 0.717) is 51.5 Å². The highest BCUT2D eigenvalue weighted by Crippen LogP contribution is 2.30. The first-order valence-corrected chi connectivity index (χ1v) is 17.6. The highest BCUT2D eigenvalue weighted by Gasteiger charge is 2.35. The molecule has 3 aromatic rings. The van der Waals surface area contributed by atoms with Crippen LogP contribution in [0.5, 0.6) is 0 Å². The van der Waals surface area contributed by atoms with E-state index in [0.717, 1.165) is 19.5 Å². The summed E-state index contributed by atoms with van der Waals surface area (Å²) in [6, 6.07) is 7.34. The molecular formula is C37H46ClF2N8O6+. The van der Waals surface area contributed by atoms with E-state index in [1.807, 2.05) is 4.90 Å². The number of hydrogen-bond donors (Lipinski definition) is 3. The van der Waals surface area contributed by atoms with E-state index < -0.39 is 17.5 Å². The van der Waals surface area contributed by atoms with Gasteiger partial charge in [-0.15, -0.1) is 0 Å². The summed E-state index contributed by atoms with van der Waals surface area (Å²) < 4.78 is 41.0. The molecule has 1 aromatic heterocycles. The molecule has 2 unspecified atom stereocenters. The Kier molecular flexibility index (Phi) is 14.8. The Morgan fingerprint density at radius 3 is 2.35 bits per heavy atom. The molecule has 17 heteroatoms. The van der Waals surface area contributed by atoms with Gasteiger partial charge in [0.1, 0.15) is 0 Å². The third-order valence-corrected chi connectivity index (χ3v) is 9.52. The zero-order chi connectivity index (χ0) is 39.5. The van der Waals surface area contributed by atoms with Crippen LogP contribution in [-0.4, -0.2) is 123 Å². The number of amides is 3. The number of nitrogens with zero attached hydrogens (tertiary/aromatic N) is 5. The number of piperazine rings is 1. The van der Waals surface area contributed by atoms with Crippen molar-refractivity contribution in [3.63, 3.8) is 0 Å². The summed E-state index contributed by atoms with van der Waals surface area (Å²) in [5.74, 6) is -3.01. The highest BCUT2D eigenvalue weighted by molar-refractivity contribution is 6.34. The fraction of sp³-hybridized carbons (Fsp3) is 0.405. The van der Waals surface area contributed by atoms with E-state index in [-0.39, 0.29) is 62.2 Å². The Bertz CT molecular complexity index is 1910. The number of rotatable bonds is 11. The molecule has 0 aliphatic carbocycles. The highest BCUT2D eigenvalue weighted by atomic mass is 35.5. The van der Waals surface area contributed by atoms with Crippen molar-refractivity contribution in [2.24, 2.45) is 23.7 Å². The first-order valence-electron chi connectivity index (χ1n) is 17.2. The maximum absolute atomic E-state index is 15.5. The van der Waals surface area contributed by atoms with Gasteiger partial charge in [-0.1, -0.05) is 17.7 Å². The average Bonchev–Trinajstić information content (AvgIpc) is 3.77. The molecule has 4 N–H and O–H groups in total. The van der Waals surface area contributed by atoms with Crippen LogP contribution in [0.15, 0.2) is 47.2 Å². The summed E-state index contributed by atoms with van der Waals surface area (Å²) >= 11 is 6.51. The van der Waals surface area contributed by atoms with Gasteiger partial charge in [-0.3, -0.25) is 24.2 Å². The van der Waals surface area contributed by atoms with Crippen molar-refractivity contribution in [2.75, 3.05) is 79.0 Å². The van der Waals surface area contributed by atoms with Gasteiger partial charge in [0, 0.05) is 81.1 Å². The normalized spacial score (nSPS) is 17.5. The van der Waals surface area contributed by atoms with Crippen LogP contribution in [0.4, 0.5) is 14.5 Å². The number of aliphatic imine (C=N–C) groups is 1. The first kappa shape index (κ1) is 41.6. The average molecular weight is 772 g/mol. The zero-order valence-corrected chi connectivity index (χ0v) is 31.7. The van der Waals surface area contributed by atoms with Gasteiger partial charge < -0.3 is 39.8 Å². The van der Waals surface area contributed by atoms with Crippen LogP contribution in [0.25, 0.3) is 16.8 Å². The van der Waals surface area contributed by atoms with E-state index in [1.165, 1.54) is 67.4 Å². The zero-order valence-electron chi connectivity index (χ0n) is 31.0. The van der Waals surface area contributed by atoms with Gasteiger partial charge in [0.15, 0.2) is 17.5 Å². The van der Waals surface area contributed by atoms with Crippen molar-refractivity contribution in [1.29, 1.82) is 0 Å². The van der Waals surface area contributed by atoms with E-state index in [1.54, 1.807) is 17.9 Å². The molecule has 2 atom stereocenters. The number of quaternary nitrogens is 1. The molecule has 2 aliphatic rings. The quantitative estimate of drug-likeness (QED) is 0.152. The van der Waals surface area contributed by atoms with Crippen molar-refractivity contribution in [3.05, 3.63) is 75.8 Å². The van der Waals surface area contributed by atoms with Gasteiger partial charge in [0.05, 0.1) is 68.8 Å². The Labute approximate surface area is 317 Å². The number of carbonyl (C=O) groups is 4. The van der Waals surface area contributed by atoms with E-state index >= 15 is 8.78 Å². The van der Waals surface area contributed by atoms with Gasteiger partial charge in [0.25, 0.3) is 18.3 Å². The largest absolute Gasteiger partial charge is 0.471 e. The number of likely N-dealkylation sites (tertiary alicyclic amines) is 1. The molecule has 3 heterocycles. The molecule has 2 saturated heterocycles. The van der Waals surface area contributed by atoms with Crippen LogP contribution in [0, 0.1) is 17.6 Å². The van der Waals surface area contributed by atoms with Gasteiger partial charge in [-0.25, -0.2) is 13.8 Å². The lowest BCUT2D eigenvalue weighted by molar-refractivity contribution is -0.867. The summed E-state index contributed by atoms with van der Waals surface area (Å²) in [5, 5.41) is 2.85. The molecule has 0 spiro atoms. The lowest BCUT2D eigenvalue weighted by Crippen LogP contribution is -3.07. The predicted molar refractivity (Wildman–Crippen MR) is 200 cm³/mol. The summed E-state index contributed by atoms with van der Waals surface area (Å²) in [6.07, 6.45) is 3.55. The number of carbonyl (C=O) groups excluding carboxylic acids is 4. The fourth-order valence-electron chi connectivity index (χ4n) is 6.28. The summed E-state index contributed by atoms with van der Waals surface area (Å²) in [7, 11) is 6.44. The number of nitrogens with one attached hydrogen (secondary N) is 2. The smallest absolute Gasteiger partial charge is 0.292 e. The molecule has 0 radical (unpaired) electrons. The molecular weight excluding hydrogens is 726 g/mol. The molecule has 2 aliphatic heterocycles. The predicted octanol–water partition coefficient (Wildman–Crippen LogP) is 2.29. The first-order chi connectivity index (χ1) is 25.8. The Morgan fingerprint density at radius 2 is 1.76 bits per heavy atom. The number of allylic oxidation sites excluding steroid dienone is 2. The standard InChI is InChI=1S/C35H41ClF2N8O4.C2H4O2/c1-21(39)27(18-40-10-16-50-4)24-7-8-26(31(38)30(24)37)29-19-41-32(44(29)3)33(47)42-23-5-6-25(28(36)17-23)35(49)46-14-12-45(13-15-46)34(48)22-9-11-43(2)20-22;1-4-2-3/h5-8,17-19,22H,9-16,20,39H2,1-4H3,(H,42,47);2H,1H3/p+1/b27-21+,40-18?;. The Morgan fingerprint density at radius 1 is 1.09 bits per heavy atom. The van der Waals surface area contributed by atoms with Crippen molar-refractivity contribution < 1.29 is 42.3 Å². The Hall–Kier alpha value is -5.19. The second-order valence-corrected chi connectivity index (χ2v) is 13.3. The van der Waals surface area contributed by atoms with Crippen LogP contribution < -0.4 is 16.0 Å². The van der Waals surface area contributed by atoms with Gasteiger partial charge >= 0.3 is 0 Å². The molecule has 2 aromatic carbocycles. The van der Waals surface area contributed by atoms with Crippen molar-refractivity contribution in [1.82, 2.24) is 19.4 Å². The van der Waals surface area contributed by atoms with Crippen LogP contribution in [0.2, 0.25) is 5.02 Å². The number of halogens is 3. The molecule has 3 amide bonds. The number of nitrogens with two attached hydrogens (primary N) is 1. The molecule has 290 valence electrons. The lowest BCUT2D eigenvalue weighted by atomic mass is 10.0. The third-order valence-electron chi connectivity index (χ3n) is 9.21. The number of hydrogen-bond acceptors (Lipinski definition) is 9. The van der Waals surface area contributed by atoms with Crippen LogP contribution in [-0.2, 0) is 26.1 Å². The van der Waals surface area contributed by atoms with Gasteiger partial charge in [0.2, 0.25) is 5.91 Å². The molecule has 0 bridgehead atoms. The number of ether oxygens (including phenoxy) is 2. The minimum Gasteiger partial charge on any atom is -0.471 e. The summed E-state index contributed by atoms with van der Waals surface area (Å²) in [5.41, 5.74) is 7.03. The minimum atomic E-state index is -1.14. The second kappa shape index (κ2) is 19.2. The topological polar surface area (TPSA) is 166 Å². The maximum atomic E-state index is 15.5. The maximum Gasteiger partial charge on any atom is 0.292 e. The second-order valence-electron chi connectivity index (χ2n) is 12.9. The number of anilines is 1. The van der Waals surface area contributed by atoms with Crippen LogP contribution in [0.3, 0.4) is 0 Å². The molecule has 54 heavy (non-hydrogen) atoms. The summed E-state index contributed by atoms with van der Waals surface area (Å²) in [4.78, 5) is 61.6. The van der Waals surface area contributed by atoms with Crippen molar-refractivity contribution in [3.8, 4) is 11.3 Å². The minimum absolute atomic E-state index is 0.0388. The Balaban J connectivity index is 0.00000155. The van der Waals surface area contributed by atoms with Gasteiger partial charge in [-0.05, 0) is 31.2 Å². The van der Waals surface area contributed by atoms with Crippen LogP contribution >= 0.6 is 11.6 Å². The number of aromatic nitrogens is 2. The number of methoxy groups -OCH3 is 2. The molecule has 14 nitrogen and oxygen atoms in total. The fourth-order valence-corrected chi connectivity index (χ4v) is 6.54. The molecule has 0 saturated carbocycles. The van der Waals surface area contributed by atoms with Crippen molar-refractivity contribution in [2.45, 2.75) is 13.3 Å². The van der Waals surface area contributed by atoms with E-state index in [4.69, 9.17) is 26.9 Å².